The molecule has 0 aliphatic heterocycles. The molecule has 0 saturated heterocycles. The van der Waals surface area contributed by atoms with Crippen molar-refractivity contribution in [3.05, 3.63) is 102 Å². The van der Waals surface area contributed by atoms with Crippen molar-refractivity contribution in [3.63, 3.8) is 0 Å². The molecule has 0 radical (unpaired) electrons. The summed E-state index contributed by atoms with van der Waals surface area (Å²) in [4.78, 5) is 11.6. The van der Waals surface area contributed by atoms with Gasteiger partial charge in [0.25, 0.3) is 0 Å². The van der Waals surface area contributed by atoms with Crippen molar-refractivity contribution in [1.82, 2.24) is 4.57 Å². The highest BCUT2D eigenvalue weighted by atomic mass is 16.5. The lowest BCUT2D eigenvalue weighted by Gasteiger charge is -2.08. The first-order chi connectivity index (χ1) is 14.3. The number of ether oxygens (including phenoxy) is 1. The van der Waals surface area contributed by atoms with Gasteiger partial charge in [-0.2, -0.15) is 0 Å². The lowest BCUT2D eigenvalue weighted by atomic mass is 10.1. The van der Waals surface area contributed by atoms with Crippen molar-refractivity contribution in [2.45, 2.75) is 32.4 Å². The number of aldehydes is 1. The third kappa shape index (κ3) is 4.75. The Balaban J connectivity index is 1.42. The lowest BCUT2D eigenvalue weighted by Crippen LogP contribution is -1.98. The lowest BCUT2D eigenvalue weighted by molar-refractivity contribution is 0.112. The summed E-state index contributed by atoms with van der Waals surface area (Å²) in [6.45, 7) is 1.42. The normalized spacial score (nSPS) is 10.9. The van der Waals surface area contributed by atoms with Crippen molar-refractivity contribution >= 4 is 17.2 Å². The number of aryl methyl sites for hydroxylation is 2. The van der Waals surface area contributed by atoms with E-state index in [4.69, 9.17) is 4.74 Å². The maximum atomic E-state index is 11.6. The van der Waals surface area contributed by atoms with Crippen molar-refractivity contribution in [3.8, 4) is 5.75 Å². The molecular weight excluding hydrogens is 358 g/mol. The summed E-state index contributed by atoms with van der Waals surface area (Å²) >= 11 is 0. The van der Waals surface area contributed by atoms with Crippen LogP contribution in [-0.4, -0.2) is 10.9 Å². The van der Waals surface area contributed by atoms with Gasteiger partial charge in [0.05, 0.1) is 0 Å². The van der Waals surface area contributed by atoms with Crippen LogP contribution in [0.3, 0.4) is 0 Å². The Morgan fingerprint density at radius 3 is 2.28 bits per heavy atom. The molecule has 4 rings (SSSR count). The van der Waals surface area contributed by atoms with E-state index in [-0.39, 0.29) is 0 Å². The molecule has 0 aliphatic rings. The quantitative estimate of drug-likeness (QED) is 0.260. The minimum absolute atomic E-state index is 0.517. The number of benzene rings is 3. The van der Waals surface area contributed by atoms with Crippen LogP contribution in [0, 0.1) is 0 Å². The van der Waals surface area contributed by atoms with Gasteiger partial charge >= 0.3 is 0 Å². The molecule has 3 heteroatoms. The van der Waals surface area contributed by atoms with Gasteiger partial charge in [-0.25, -0.2) is 0 Å². The maximum Gasteiger partial charge on any atom is 0.152 e. The average Bonchev–Trinajstić information content (AvgIpc) is 3.14. The molecule has 1 aromatic heterocycles. The molecule has 0 N–H and O–H groups in total. The largest absolute Gasteiger partial charge is 0.489 e. The SMILES string of the molecule is O=Cc1cn(CCCCc2ccccc2)c2ccc(OCc3ccccc3)cc12. The van der Waals surface area contributed by atoms with Gasteiger partial charge in [-0.05, 0) is 48.6 Å². The number of hydrogen-bond donors (Lipinski definition) is 0. The Morgan fingerprint density at radius 1 is 0.828 bits per heavy atom. The average molecular weight is 383 g/mol. The van der Waals surface area contributed by atoms with Crippen LogP contribution < -0.4 is 4.74 Å². The fourth-order valence-corrected chi connectivity index (χ4v) is 3.67. The molecule has 1 heterocycles. The van der Waals surface area contributed by atoms with Crippen LogP contribution in [-0.2, 0) is 19.6 Å². The number of rotatable bonds is 9. The zero-order valence-electron chi connectivity index (χ0n) is 16.5. The number of carbonyl (C=O) groups excluding carboxylic acids is 1. The maximum absolute atomic E-state index is 11.6. The van der Waals surface area contributed by atoms with E-state index in [1.165, 1.54) is 5.56 Å². The van der Waals surface area contributed by atoms with Crippen LogP contribution >= 0.6 is 0 Å². The fourth-order valence-electron chi connectivity index (χ4n) is 3.67. The predicted molar refractivity (Wildman–Crippen MR) is 117 cm³/mol. The first-order valence-electron chi connectivity index (χ1n) is 10.1. The third-order valence-corrected chi connectivity index (χ3v) is 5.22. The topological polar surface area (TPSA) is 31.2 Å². The summed E-state index contributed by atoms with van der Waals surface area (Å²) in [5.74, 6) is 0.784. The van der Waals surface area contributed by atoms with Crippen LogP contribution in [0.4, 0.5) is 0 Å². The van der Waals surface area contributed by atoms with E-state index in [0.717, 1.165) is 54.3 Å². The number of carbonyl (C=O) groups is 1. The van der Waals surface area contributed by atoms with Crippen molar-refractivity contribution in [2.75, 3.05) is 0 Å². The monoisotopic (exact) mass is 383 g/mol. The van der Waals surface area contributed by atoms with Crippen molar-refractivity contribution in [1.29, 1.82) is 0 Å². The van der Waals surface area contributed by atoms with Crippen LogP contribution in [0.25, 0.3) is 10.9 Å². The van der Waals surface area contributed by atoms with E-state index in [2.05, 4.69) is 34.9 Å². The molecule has 0 aliphatic carbocycles. The summed E-state index contributed by atoms with van der Waals surface area (Å²) in [5.41, 5.74) is 4.30. The Bertz CT molecular complexity index is 1070. The van der Waals surface area contributed by atoms with Gasteiger partial charge in [0, 0.05) is 29.2 Å². The highest BCUT2D eigenvalue weighted by Crippen LogP contribution is 2.26. The summed E-state index contributed by atoms with van der Waals surface area (Å²) in [6, 6.07) is 26.7. The Labute approximate surface area is 171 Å². The van der Waals surface area contributed by atoms with Crippen LogP contribution in [0.15, 0.2) is 85.1 Å². The standard InChI is InChI=1S/C26H25NO2/c28-19-23-18-27(16-8-7-11-21-9-3-1-4-10-21)26-15-14-24(17-25(23)26)29-20-22-12-5-2-6-13-22/h1-6,9-10,12-15,17-19H,7-8,11,16,20H2. The van der Waals surface area contributed by atoms with E-state index in [1.54, 1.807) is 0 Å². The molecular formula is C26H25NO2. The third-order valence-electron chi connectivity index (χ3n) is 5.22. The van der Waals surface area contributed by atoms with Crippen molar-refractivity contribution in [2.24, 2.45) is 0 Å². The number of aromatic nitrogens is 1. The first kappa shape index (κ1) is 19.0. The zero-order chi connectivity index (χ0) is 19.9. The Kier molecular flexibility index (Phi) is 6.06. The van der Waals surface area contributed by atoms with E-state index < -0.39 is 0 Å². The van der Waals surface area contributed by atoms with Crippen LogP contribution in [0.5, 0.6) is 5.75 Å². The Hall–Kier alpha value is -3.33. The molecule has 0 amide bonds. The van der Waals surface area contributed by atoms with E-state index in [9.17, 15) is 4.79 Å². The number of unbranched alkanes of at least 4 members (excludes halogenated alkanes) is 1. The first-order valence-corrected chi connectivity index (χ1v) is 10.1. The predicted octanol–water partition coefficient (Wildman–Crippen LogP) is 6.06. The van der Waals surface area contributed by atoms with Gasteiger partial charge in [-0.15, -0.1) is 0 Å². The number of nitrogens with zero attached hydrogens (tertiary/aromatic N) is 1. The molecule has 0 spiro atoms. The minimum atomic E-state index is 0.517. The smallest absolute Gasteiger partial charge is 0.152 e. The van der Waals surface area contributed by atoms with Gasteiger partial charge < -0.3 is 9.30 Å². The highest BCUT2D eigenvalue weighted by Gasteiger charge is 2.09. The molecule has 0 bridgehead atoms. The van der Waals surface area contributed by atoms with Gasteiger partial charge in [-0.3, -0.25) is 4.79 Å². The molecule has 0 unspecified atom stereocenters. The second kappa shape index (κ2) is 9.24. The number of fused-ring (bicyclic) bond motifs is 1. The van der Waals surface area contributed by atoms with Gasteiger partial charge in [0.1, 0.15) is 12.4 Å². The second-order valence-corrected chi connectivity index (χ2v) is 7.29. The molecule has 0 saturated carbocycles. The minimum Gasteiger partial charge on any atom is -0.489 e. The number of hydrogen-bond acceptors (Lipinski definition) is 2. The Morgan fingerprint density at radius 2 is 1.55 bits per heavy atom. The van der Waals surface area contributed by atoms with Gasteiger partial charge in [0.2, 0.25) is 0 Å². The molecule has 29 heavy (non-hydrogen) atoms. The molecule has 0 atom stereocenters. The second-order valence-electron chi connectivity index (χ2n) is 7.29. The fraction of sp³-hybridized carbons (Fsp3) is 0.192. The summed E-state index contributed by atoms with van der Waals surface area (Å²) in [7, 11) is 0. The van der Waals surface area contributed by atoms with E-state index in [1.807, 2.05) is 54.7 Å². The van der Waals surface area contributed by atoms with Crippen LogP contribution in [0.2, 0.25) is 0 Å². The van der Waals surface area contributed by atoms with E-state index >= 15 is 0 Å². The zero-order valence-corrected chi connectivity index (χ0v) is 16.5. The highest BCUT2D eigenvalue weighted by molar-refractivity contribution is 5.98. The summed E-state index contributed by atoms with van der Waals surface area (Å²) < 4.78 is 8.12. The van der Waals surface area contributed by atoms with Gasteiger partial charge in [0.15, 0.2) is 6.29 Å². The summed E-state index contributed by atoms with van der Waals surface area (Å²) in [5, 5.41) is 0.952. The molecule has 4 aromatic rings. The molecule has 3 nitrogen and oxygen atoms in total. The molecule has 0 fully saturated rings. The van der Waals surface area contributed by atoms with Crippen LogP contribution in [0.1, 0.15) is 34.3 Å². The van der Waals surface area contributed by atoms with Crippen molar-refractivity contribution < 1.29 is 9.53 Å². The molecule has 146 valence electrons. The molecule has 3 aromatic carbocycles. The summed E-state index contributed by atoms with van der Waals surface area (Å²) in [6.07, 6.45) is 6.17. The van der Waals surface area contributed by atoms with E-state index in [0.29, 0.717) is 12.2 Å². The van der Waals surface area contributed by atoms with Gasteiger partial charge in [-0.1, -0.05) is 60.7 Å².